The number of pyridine rings is 1. The van der Waals surface area contributed by atoms with E-state index in [1.165, 1.54) is 23.5 Å². The standard InChI is InChI=1S/C21H17F3N4OS/c22-21(23,24)17-5-1-13(2-6-17)9-18(29)12-26-20-28-27-19(30-20)15-3-4-16-11-25-8-7-14(16)10-15/h1-8,10-11,18,29H,9,12H2,(H,26,28). The first-order valence-corrected chi connectivity index (χ1v) is 9.96. The maximum Gasteiger partial charge on any atom is 0.416 e. The van der Waals surface area contributed by atoms with Gasteiger partial charge in [0.25, 0.3) is 0 Å². The Kier molecular flexibility index (Phi) is 5.65. The van der Waals surface area contributed by atoms with Crippen molar-refractivity contribution >= 4 is 27.2 Å². The number of nitrogens with zero attached hydrogens (tertiary/aromatic N) is 3. The van der Waals surface area contributed by atoms with Crippen LogP contribution in [0.2, 0.25) is 0 Å². The second kappa shape index (κ2) is 8.37. The summed E-state index contributed by atoms with van der Waals surface area (Å²) in [5.74, 6) is 0. The van der Waals surface area contributed by atoms with Gasteiger partial charge in [0.05, 0.1) is 11.7 Å². The third-order valence-corrected chi connectivity index (χ3v) is 5.48. The zero-order valence-electron chi connectivity index (χ0n) is 15.6. The lowest BCUT2D eigenvalue weighted by Gasteiger charge is -2.12. The zero-order chi connectivity index (χ0) is 21.1. The van der Waals surface area contributed by atoms with Gasteiger partial charge in [0.1, 0.15) is 5.01 Å². The number of nitrogens with one attached hydrogen (secondary N) is 1. The van der Waals surface area contributed by atoms with Crippen molar-refractivity contribution in [3.05, 3.63) is 72.1 Å². The quantitative estimate of drug-likeness (QED) is 0.460. The van der Waals surface area contributed by atoms with Gasteiger partial charge in [-0.05, 0) is 35.2 Å². The summed E-state index contributed by atoms with van der Waals surface area (Å²) < 4.78 is 37.9. The number of rotatable bonds is 6. The summed E-state index contributed by atoms with van der Waals surface area (Å²) in [4.78, 5) is 4.10. The molecule has 2 N–H and O–H groups in total. The van der Waals surface area contributed by atoms with Crippen LogP contribution in [0.1, 0.15) is 11.1 Å². The fourth-order valence-electron chi connectivity index (χ4n) is 3.01. The van der Waals surface area contributed by atoms with Gasteiger partial charge in [-0.2, -0.15) is 13.2 Å². The predicted octanol–water partition coefficient (Wildman–Crippen LogP) is 4.79. The van der Waals surface area contributed by atoms with Gasteiger partial charge in [-0.1, -0.05) is 35.6 Å². The van der Waals surface area contributed by atoms with E-state index >= 15 is 0 Å². The fourth-order valence-corrected chi connectivity index (χ4v) is 3.75. The number of hydrogen-bond acceptors (Lipinski definition) is 6. The molecule has 154 valence electrons. The van der Waals surface area contributed by atoms with Gasteiger partial charge < -0.3 is 10.4 Å². The molecule has 0 amide bonds. The molecule has 9 heteroatoms. The van der Waals surface area contributed by atoms with Crippen molar-refractivity contribution in [2.45, 2.75) is 18.7 Å². The first-order valence-electron chi connectivity index (χ1n) is 9.14. The molecule has 5 nitrogen and oxygen atoms in total. The Bertz CT molecular complexity index is 1140. The average Bonchev–Trinajstić information content (AvgIpc) is 3.21. The summed E-state index contributed by atoms with van der Waals surface area (Å²) in [6.45, 7) is 0.207. The highest BCUT2D eigenvalue weighted by Crippen LogP contribution is 2.30. The van der Waals surface area contributed by atoms with Gasteiger partial charge in [-0.3, -0.25) is 4.98 Å². The monoisotopic (exact) mass is 430 g/mol. The molecule has 2 aromatic heterocycles. The molecule has 4 rings (SSSR count). The van der Waals surface area contributed by atoms with Crippen LogP contribution in [0.5, 0.6) is 0 Å². The molecule has 2 aromatic carbocycles. The molecule has 0 aliphatic heterocycles. The minimum absolute atomic E-state index is 0.207. The molecule has 2 heterocycles. The lowest BCUT2D eigenvalue weighted by Crippen LogP contribution is -2.21. The minimum atomic E-state index is -4.36. The molecular formula is C21H17F3N4OS. The van der Waals surface area contributed by atoms with E-state index in [9.17, 15) is 18.3 Å². The lowest BCUT2D eigenvalue weighted by atomic mass is 10.1. The van der Waals surface area contributed by atoms with E-state index in [-0.39, 0.29) is 13.0 Å². The number of aromatic nitrogens is 3. The third-order valence-electron chi connectivity index (χ3n) is 4.55. The molecule has 0 saturated heterocycles. The third kappa shape index (κ3) is 4.74. The van der Waals surface area contributed by atoms with Gasteiger partial charge >= 0.3 is 6.18 Å². The zero-order valence-corrected chi connectivity index (χ0v) is 16.4. The van der Waals surface area contributed by atoms with Gasteiger partial charge in [0, 0.05) is 36.3 Å². The summed E-state index contributed by atoms with van der Waals surface area (Å²) in [5.41, 5.74) is 0.857. The molecule has 0 radical (unpaired) electrons. The Morgan fingerprint density at radius 1 is 1.00 bits per heavy atom. The molecule has 30 heavy (non-hydrogen) atoms. The molecule has 0 spiro atoms. The lowest BCUT2D eigenvalue weighted by molar-refractivity contribution is -0.137. The van der Waals surface area contributed by atoms with E-state index in [4.69, 9.17) is 0 Å². The molecule has 0 aliphatic rings. The first kappa shape index (κ1) is 20.2. The highest BCUT2D eigenvalue weighted by Gasteiger charge is 2.29. The molecule has 0 fully saturated rings. The van der Waals surface area contributed by atoms with Gasteiger partial charge in [0.15, 0.2) is 0 Å². The number of fused-ring (bicyclic) bond motifs is 1. The largest absolute Gasteiger partial charge is 0.416 e. The Morgan fingerprint density at radius 3 is 2.57 bits per heavy atom. The van der Waals surface area contributed by atoms with Crippen molar-refractivity contribution in [3.8, 4) is 10.6 Å². The molecule has 0 bridgehead atoms. The topological polar surface area (TPSA) is 70.9 Å². The average molecular weight is 430 g/mol. The van der Waals surface area contributed by atoms with Gasteiger partial charge in [-0.25, -0.2) is 0 Å². The van der Waals surface area contributed by atoms with Gasteiger partial charge in [-0.15, -0.1) is 10.2 Å². The van der Waals surface area contributed by atoms with Crippen molar-refractivity contribution in [2.24, 2.45) is 0 Å². The van der Waals surface area contributed by atoms with E-state index in [1.54, 1.807) is 12.4 Å². The van der Waals surface area contributed by atoms with E-state index in [0.717, 1.165) is 33.5 Å². The van der Waals surface area contributed by atoms with Crippen LogP contribution in [-0.4, -0.2) is 32.9 Å². The van der Waals surface area contributed by atoms with Crippen molar-refractivity contribution in [2.75, 3.05) is 11.9 Å². The highest BCUT2D eigenvalue weighted by molar-refractivity contribution is 7.18. The second-order valence-corrected chi connectivity index (χ2v) is 7.76. The molecule has 1 atom stereocenters. The number of aliphatic hydroxyl groups is 1. The summed E-state index contributed by atoms with van der Waals surface area (Å²) >= 11 is 1.36. The summed E-state index contributed by atoms with van der Waals surface area (Å²) in [6, 6.07) is 12.7. The number of benzene rings is 2. The maximum absolute atomic E-state index is 12.6. The Balaban J connectivity index is 1.35. The summed E-state index contributed by atoms with van der Waals surface area (Å²) in [6.07, 6.45) is -1.38. The Morgan fingerprint density at radius 2 is 1.80 bits per heavy atom. The molecule has 4 aromatic rings. The van der Waals surface area contributed by atoms with Gasteiger partial charge in [0.2, 0.25) is 5.13 Å². The van der Waals surface area contributed by atoms with Crippen LogP contribution in [0.3, 0.4) is 0 Å². The van der Waals surface area contributed by atoms with Crippen LogP contribution in [0.15, 0.2) is 60.9 Å². The van der Waals surface area contributed by atoms with E-state index < -0.39 is 17.8 Å². The van der Waals surface area contributed by atoms with Crippen molar-refractivity contribution in [1.29, 1.82) is 0 Å². The van der Waals surface area contributed by atoms with Crippen LogP contribution in [0.25, 0.3) is 21.3 Å². The normalized spacial score (nSPS) is 12.8. The van der Waals surface area contributed by atoms with Crippen LogP contribution in [0.4, 0.5) is 18.3 Å². The van der Waals surface area contributed by atoms with Crippen molar-refractivity contribution < 1.29 is 18.3 Å². The fraction of sp³-hybridized carbons (Fsp3) is 0.190. The van der Waals surface area contributed by atoms with E-state index in [2.05, 4.69) is 20.5 Å². The molecule has 1 unspecified atom stereocenters. The number of aliphatic hydroxyl groups excluding tert-OH is 1. The highest BCUT2D eigenvalue weighted by atomic mass is 32.1. The van der Waals surface area contributed by atoms with E-state index in [0.29, 0.717) is 10.7 Å². The van der Waals surface area contributed by atoms with Crippen LogP contribution in [0, 0.1) is 0 Å². The van der Waals surface area contributed by atoms with Crippen LogP contribution >= 0.6 is 11.3 Å². The van der Waals surface area contributed by atoms with E-state index in [1.807, 2.05) is 24.3 Å². The maximum atomic E-state index is 12.6. The Hall–Kier alpha value is -3.04. The smallest absolute Gasteiger partial charge is 0.391 e. The van der Waals surface area contributed by atoms with Crippen LogP contribution in [-0.2, 0) is 12.6 Å². The second-order valence-electron chi connectivity index (χ2n) is 6.78. The molecule has 0 saturated carbocycles. The minimum Gasteiger partial charge on any atom is -0.391 e. The molecule has 0 aliphatic carbocycles. The van der Waals surface area contributed by atoms with Crippen molar-refractivity contribution in [1.82, 2.24) is 15.2 Å². The summed E-state index contributed by atoms with van der Waals surface area (Å²) in [5, 5.41) is 24.9. The SMILES string of the molecule is OC(CNc1nnc(-c2ccc3cnccc3c2)s1)Cc1ccc(C(F)(F)F)cc1. The number of anilines is 1. The number of hydrogen-bond donors (Lipinski definition) is 2. The molecular weight excluding hydrogens is 413 g/mol. The summed E-state index contributed by atoms with van der Waals surface area (Å²) in [7, 11) is 0. The first-order chi connectivity index (χ1) is 14.4. The Labute approximate surface area is 174 Å². The van der Waals surface area contributed by atoms with Crippen LogP contribution < -0.4 is 5.32 Å². The van der Waals surface area contributed by atoms with Crippen molar-refractivity contribution in [3.63, 3.8) is 0 Å². The number of alkyl halides is 3. The number of halogens is 3. The predicted molar refractivity (Wildman–Crippen MR) is 110 cm³/mol.